The van der Waals surface area contributed by atoms with Crippen molar-refractivity contribution in [3.63, 3.8) is 0 Å². The third-order valence-corrected chi connectivity index (χ3v) is 8.39. The molecule has 2 aliphatic heterocycles. The summed E-state index contributed by atoms with van der Waals surface area (Å²) in [5.41, 5.74) is 8.92. The number of ether oxygens (including phenoxy) is 2. The van der Waals surface area contributed by atoms with Gasteiger partial charge in [-0.15, -0.1) is 0 Å². The molecule has 0 aromatic heterocycles. The third kappa shape index (κ3) is 6.59. The highest BCUT2D eigenvalue weighted by Gasteiger charge is 2.25. The molecule has 3 aromatic rings. The number of carbonyl (C=O) groups excluding carboxylic acids is 3. The van der Waals surface area contributed by atoms with Crippen LogP contribution in [0.1, 0.15) is 63.2 Å². The second kappa shape index (κ2) is 12.7. The first-order valence-corrected chi connectivity index (χ1v) is 15.0. The summed E-state index contributed by atoms with van der Waals surface area (Å²) in [5, 5.41) is 6.19. The molecule has 1 saturated heterocycles. The molecule has 0 spiro atoms. The predicted octanol–water partition coefficient (Wildman–Crippen LogP) is 4.02. The number of rotatable bonds is 6. The van der Waals surface area contributed by atoms with Crippen LogP contribution in [-0.4, -0.2) is 67.7 Å². The van der Waals surface area contributed by atoms with Crippen molar-refractivity contribution in [3.8, 4) is 11.5 Å². The largest absolute Gasteiger partial charge is 0.454 e. The van der Waals surface area contributed by atoms with E-state index in [1.165, 1.54) is 0 Å². The van der Waals surface area contributed by atoms with Gasteiger partial charge in [0.25, 0.3) is 17.7 Å². The molecular weight excluding hydrogens is 546 g/mol. The molecule has 10 heteroatoms. The lowest BCUT2D eigenvalue weighted by Gasteiger charge is -2.28. The molecule has 1 aliphatic carbocycles. The Balaban J connectivity index is 1.23. The monoisotopic (exact) mass is 583 g/mol. The number of hydrogen-bond donors (Lipinski definition) is 3. The quantitative estimate of drug-likeness (QED) is 0.400. The van der Waals surface area contributed by atoms with E-state index in [4.69, 9.17) is 15.2 Å². The molecule has 2 fully saturated rings. The van der Waals surface area contributed by atoms with Crippen LogP contribution in [0.4, 0.5) is 11.4 Å². The minimum atomic E-state index is -0.325. The molecule has 43 heavy (non-hydrogen) atoms. The molecule has 3 aliphatic rings. The average Bonchev–Trinajstić information content (AvgIpc) is 3.37. The molecule has 224 valence electrons. The Kier molecular flexibility index (Phi) is 8.46. The highest BCUT2D eigenvalue weighted by molar-refractivity contribution is 6.07. The van der Waals surface area contributed by atoms with Gasteiger partial charge in [-0.25, -0.2) is 0 Å². The van der Waals surface area contributed by atoms with Crippen LogP contribution < -0.4 is 30.7 Å². The van der Waals surface area contributed by atoms with Crippen molar-refractivity contribution < 1.29 is 23.9 Å². The average molecular weight is 584 g/mol. The first kappa shape index (κ1) is 28.5. The summed E-state index contributed by atoms with van der Waals surface area (Å²) in [6, 6.07) is 20.0. The number of nitrogens with two attached hydrogens (primary N) is 1. The summed E-state index contributed by atoms with van der Waals surface area (Å²) < 4.78 is 10.8. The second-order valence-corrected chi connectivity index (χ2v) is 11.3. The van der Waals surface area contributed by atoms with Gasteiger partial charge in [-0.1, -0.05) is 18.2 Å². The van der Waals surface area contributed by atoms with Crippen molar-refractivity contribution in [1.29, 1.82) is 0 Å². The zero-order chi connectivity index (χ0) is 29.8. The fourth-order valence-electron chi connectivity index (χ4n) is 5.94. The smallest absolute Gasteiger partial charge is 0.255 e. The number of nitrogens with zero attached hydrogens (tertiary/aromatic N) is 2. The summed E-state index contributed by atoms with van der Waals surface area (Å²) >= 11 is 0. The van der Waals surface area contributed by atoms with E-state index >= 15 is 0 Å². The van der Waals surface area contributed by atoms with Crippen LogP contribution in [0, 0.1) is 0 Å². The van der Waals surface area contributed by atoms with Crippen molar-refractivity contribution in [2.24, 2.45) is 5.73 Å². The number of anilines is 2. The van der Waals surface area contributed by atoms with Crippen LogP contribution in [0.3, 0.4) is 0 Å². The van der Waals surface area contributed by atoms with Crippen LogP contribution in [0.25, 0.3) is 0 Å². The fourth-order valence-corrected chi connectivity index (χ4v) is 5.94. The van der Waals surface area contributed by atoms with Gasteiger partial charge in [0.05, 0.1) is 11.4 Å². The summed E-state index contributed by atoms with van der Waals surface area (Å²) in [6.07, 6.45) is 4.24. The maximum absolute atomic E-state index is 13.5. The minimum Gasteiger partial charge on any atom is -0.454 e. The van der Waals surface area contributed by atoms with Crippen LogP contribution in [0.15, 0.2) is 66.7 Å². The molecule has 4 N–H and O–H groups in total. The number of amides is 3. The van der Waals surface area contributed by atoms with E-state index in [1.54, 1.807) is 30.3 Å². The molecule has 0 unspecified atom stereocenters. The van der Waals surface area contributed by atoms with E-state index in [1.807, 2.05) is 41.3 Å². The molecule has 0 atom stereocenters. The summed E-state index contributed by atoms with van der Waals surface area (Å²) in [6.45, 7) is 2.57. The highest BCUT2D eigenvalue weighted by Crippen LogP contribution is 2.34. The second-order valence-electron chi connectivity index (χ2n) is 11.3. The van der Waals surface area contributed by atoms with Crippen molar-refractivity contribution in [2.45, 2.75) is 44.2 Å². The molecule has 6 rings (SSSR count). The molecule has 3 amide bonds. The zero-order valence-electron chi connectivity index (χ0n) is 24.1. The third-order valence-electron chi connectivity index (χ3n) is 8.39. The van der Waals surface area contributed by atoms with Gasteiger partial charge in [0.2, 0.25) is 6.79 Å². The van der Waals surface area contributed by atoms with Crippen LogP contribution in [-0.2, 0) is 0 Å². The van der Waals surface area contributed by atoms with E-state index in [9.17, 15) is 14.4 Å². The fraction of sp³-hybridized carbons (Fsp3) is 0.364. The first-order valence-electron chi connectivity index (χ1n) is 15.0. The maximum atomic E-state index is 13.5. The van der Waals surface area contributed by atoms with E-state index in [0.717, 1.165) is 37.8 Å². The topological polar surface area (TPSA) is 126 Å². The summed E-state index contributed by atoms with van der Waals surface area (Å²) in [7, 11) is 0. The Labute approximate surface area is 251 Å². The van der Waals surface area contributed by atoms with Crippen LogP contribution >= 0.6 is 0 Å². The van der Waals surface area contributed by atoms with Crippen molar-refractivity contribution >= 4 is 29.1 Å². The van der Waals surface area contributed by atoms with Gasteiger partial charge in [0, 0.05) is 55.0 Å². The molecule has 2 heterocycles. The number of benzene rings is 3. The van der Waals surface area contributed by atoms with Gasteiger partial charge in [-0.2, -0.15) is 0 Å². The lowest BCUT2D eigenvalue weighted by atomic mass is 9.91. The van der Waals surface area contributed by atoms with Gasteiger partial charge < -0.3 is 35.6 Å². The Bertz CT molecular complexity index is 1490. The normalized spacial score (nSPS) is 19.8. The number of fused-ring (bicyclic) bond motifs is 1. The lowest BCUT2D eigenvalue weighted by molar-refractivity contribution is 0.0766. The van der Waals surface area contributed by atoms with Crippen molar-refractivity contribution in [3.05, 3.63) is 83.4 Å². The Morgan fingerprint density at radius 3 is 2.30 bits per heavy atom. The van der Waals surface area contributed by atoms with Crippen LogP contribution in [0.5, 0.6) is 11.5 Å². The Hall–Kier alpha value is -4.57. The number of hydrogen-bond acceptors (Lipinski definition) is 7. The van der Waals surface area contributed by atoms with Crippen LogP contribution in [0.2, 0.25) is 0 Å². The van der Waals surface area contributed by atoms with E-state index < -0.39 is 0 Å². The molecular formula is C33H37N5O5. The molecule has 1 saturated carbocycles. The predicted molar refractivity (Wildman–Crippen MR) is 164 cm³/mol. The van der Waals surface area contributed by atoms with E-state index in [2.05, 4.69) is 15.5 Å². The number of carbonyl (C=O) groups is 3. The summed E-state index contributed by atoms with van der Waals surface area (Å²) in [5.74, 6) is 0.618. The van der Waals surface area contributed by atoms with E-state index in [0.29, 0.717) is 60.1 Å². The number of nitrogens with one attached hydrogen (secondary N) is 2. The van der Waals surface area contributed by atoms with Gasteiger partial charge in [-0.05, 0) is 80.6 Å². The molecule has 10 nitrogen and oxygen atoms in total. The molecule has 0 bridgehead atoms. The van der Waals surface area contributed by atoms with Gasteiger partial charge in [0.15, 0.2) is 11.5 Å². The summed E-state index contributed by atoms with van der Waals surface area (Å²) in [4.78, 5) is 43.9. The van der Waals surface area contributed by atoms with E-state index in [-0.39, 0.29) is 36.6 Å². The molecule has 3 aromatic carbocycles. The maximum Gasteiger partial charge on any atom is 0.255 e. The standard InChI is InChI=1S/C33H37N5O5/c34-25-9-11-26(12-10-25)35-31(39)23-7-13-28(27(19-23)36-32(40)24-8-14-29-30(20-24)43-21-42-29)37-15-4-16-38(18-17-37)33(41)22-5-2-1-3-6-22/h1-3,5-8,13-14,19-20,25-26H,4,9-12,15-18,21,34H2,(H,35,39)(H,36,40). The zero-order valence-corrected chi connectivity index (χ0v) is 24.1. The lowest BCUT2D eigenvalue weighted by Crippen LogP contribution is -2.40. The van der Waals surface area contributed by atoms with Crippen molar-refractivity contribution in [1.82, 2.24) is 10.2 Å². The Morgan fingerprint density at radius 2 is 1.49 bits per heavy atom. The van der Waals surface area contributed by atoms with Gasteiger partial charge in [-0.3, -0.25) is 14.4 Å². The minimum absolute atomic E-state index is 0.00877. The van der Waals surface area contributed by atoms with Crippen molar-refractivity contribution in [2.75, 3.05) is 43.2 Å². The van der Waals surface area contributed by atoms with Gasteiger partial charge in [0.1, 0.15) is 0 Å². The highest BCUT2D eigenvalue weighted by atomic mass is 16.7. The SMILES string of the molecule is NC1CCC(NC(=O)c2ccc(N3CCCN(C(=O)c4ccccc4)CC3)c(NC(=O)c3ccc4c(c3)OCO4)c2)CC1. The van der Waals surface area contributed by atoms with Gasteiger partial charge >= 0.3 is 0 Å². The first-order chi connectivity index (χ1) is 20.9. The Morgan fingerprint density at radius 1 is 0.744 bits per heavy atom. The molecule has 0 radical (unpaired) electrons.